The molecule has 1 aromatic heterocycles. The van der Waals surface area contributed by atoms with Crippen LogP contribution in [0.3, 0.4) is 0 Å². The van der Waals surface area contributed by atoms with Gasteiger partial charge in [-0.15, -0.1) is 0 Å². The average Bonchev–Trinajstić information content (AvgIpc) is 3.21. The molecule has 104 valence electrons. The minimum atomic E-state index is 0.0967. The van der Waals surface area contributed by atoms with Gasteiger partial charge in [-0.25, -0.2) is 0 Å². The van der Waals surface area contributed by atoms with Crippen molar-refractivity contribution in [2.75, 3.05) is 5.73 Å². The summed E-state index contributed by atoms with van der Waals surface area (Å²) in [6.45, 7) is 0.918. The summed E-state index contributed by atoms with van der Waals surface area (Å²) in [5, 5.41) is 4.07. The topological polar surface area (TPSA) is 64.2 Å². The van der Waals surface area contributed by atoms with Crippen molar-refractivity contribution in [2.45, 2.75) is 32.0 Å². The van der Waals surface area contributed by atoms with E-state index in [0.717, 1.165) is 18.4 Å². The normalized spacial score (nSPS) is 14.2. The van der Waals surface area contributed by atoms with Crippen molar-refractivity contribution in [3.63, 3.8) is 0 Å². The maximum Gasteiger partial charge on any atom is 0.244 e. The fraction of sp³-hybridized carbons (Fsp3) is 0.333. The average molecular weight is 270 g/mol. The molecule has 1 heterocycles. The van der Waals surface area contributed by atoms with E-state index in [4.69, 9.17) is 5.73 Å². The second kappa shape index (κ2) is 5.36. The molecule has 2 N–H and O–H groups in total. The number of nitrogen functional groups attached to an aromatic ring is 1. The standard InChI is InChI=1S/C15H18N4O/c16-14-8-9-18(17-14)11-15(20)19(13-6-7-13)10-12-4-2-1-3-5-12/h1-5,8-9,13H,6-7,10-11H2,(H2,16,17). The summed E-state index contributed by atoms with van der Waals surface area (Å²) in [7, 11) is 0. The summed E-state index contributed by atoms with van der Waals surface area (Å²) in [6, 6.07) is 12.2. The first kappa shape index (κ1) is 12.7. The number of amides is 1. The van der Waals surface area contributed by atoms with Crippen molar-refractivity contribution >= 4 is 11.7 Å². The number of anilines is 1. The minimum Gasteiger partial charge on any atom is -0.382 e. The van der Waals surface area contributed by atoms with Crippen molar-refractivity contribution in [2.24, 2.45) is 0 Å². The maximum absolute atomic E-state index is 12.4. The van der Waals surface area contributed by atoms with Gasteiger partial charge in [-0.05, 0) is 24.5 Å². The molecule has 0 atom stereocenters. The van der Waals surface area contributed by atoms with Gasteiger partial charge in [0.05, 0.1) is 0 Å². The number of rotatable bonds is 5. The second-order valence-electron chi connectivity index (χ2n) is 5.18. The Kier molecular flexibility index (Phi) is 3.41. The van der Waals surface area contributed by atoms with Crippen LogP contribution in [-0.2, 0) is 17.9 Å². The van der Waals surface area contributed by atoms with Crippen molar-refractivity contribution < 1.29 is 4.79 Å². The fourth-order valence-corrected chi connectivity index (χ4v) is 2.28. The van der Waals surface area contributed by atoms with Crippen LogP contribution in [0.25, 0.3) is 0 Å². The number of nitrogens with two attached hydrogens (primary N) is 1. The van der Waals surface area contributed by atoms with Crippen molar-refractivity contribution in [3.05, 3.63) is 48.2 Å². The summed E-state index contributed by atoms with van der Waals surface area (Å²) < 4.78 is 1.60. The van der Waals surface area contributed by atoms with Gasteiger partial charge in [0.15, 0.2) is 0 Å². The molecule has 0 saturated heterocycles. The van der Waals surface area contributed by atoms with E-state index in [0.29, 0.717) is 18.4 Å². The van der Waals surface area contributed by atoms with Crippen LogP contribution in [0.15, 0.2) is 42.6 Å². The minimum absolute atomic E-state index is 0.0967. The molecule has 2 aromatic rings. The molecule has 1 aliphatic carbocycles. The highest BCUT2D eigenvalue weighted by atomic mass is 16.2. The van der Waals surface area contributed by atoms with E-state index in [-0.39, 0.29) is 12.5 Å². The van der Waals surface area contributed by atoms with E-state index in [1.807, 2.05) is 23.1 Å². The lowest BCUT2D eigenvalue weighted by Crippen LogP contribution is -2.35. The zero-order valence-electron chi connectivity index (χ0n) is 11.3. The summed E-state index contributed by atoms with van der Waals surface area (Å²) in [6.07, 6.45) is 3.93. The Morgan fingerprint density at radius 3 is 2.65 bits per heavy atom. The number of aromatic nitrogens is 2. The third-order valence-electron chi connectivity index (χ3n) is 3.46. The van der Waals surface area contributed by atoms with Crippen LogP contribution < -0.4 is 5.73 Å². The Labute approximate surface area is 118 Å². The number of carbonyl (C=O) groups is 1. The van der Waals surface area contributed by atoms with Crippen LogP contribution in [0.4, 0.5) is 5.82 Å². The van der Waals surface area contributed by atoms with Crippen LogP contribution in [0.2, 0.25) is 0 Å². The van der Waals surface area contributed by atoms with E-state index < -0.39 is 0 Å². The lowest BCUT2D eigenvalue weighted by atomic mass is 10.2. The summed E-state index contributed by atoms with van der Waals surface area (Å²) >= 11 is 0. The first-order valence-corrected chi connectivity index (χ1v) is 6.85. The quantitative estimate of drug-likeness (QED) is 0.898. The van der Waals surface area contributed by atoms with Gasteiger partial charge in [-0.1, -0.05) is 30.3 Å². The van der Waals surface area contributed by atoms with E-state index >= 15 is 0 Å². The van der Waals surface area contributed by atoms with Gasteiger partial charge in [0.1, 0.15) is 12.4 Å². The molecule has 0 spiro atoms. The Morgan fingerprint density at radius 2 is 2.05 bits per heavy atom. The maximum atomic E-state index is 12.4. The van der Waals surface area contributed by atoms with Gasteiger partial charge in [0.2, 0.25) is 5.91 Å². The largest absolute Gasteiger partial charge is 0.382 e. The van der Waals surface area contributed by atoms with E-state index in [2.05, 4.69) is 17.2 Å². The van der Waals surface area contributed by atoms with Crippen molar-refractivity contribution in [3.8, 4) is 0 Å². The zero-order chi connectivity index (χ0) is 13.9. The number of hydrogen-bond donors (Lipinski definition) is 1. The third kappa shape index (κ3) is 2.99. The lowest BCUT2D eigenvalue weighted by Gasteiger charge is -2.22. The third-order valence-corrected chi connectivity index (χ3v) is 3.46. The number of nitrogens with zero attached hydrogens (tertiary/aromatic N) is 3. The molecule has 0 aliphatic heterocycles. The van der Waals surface area contributed by atoms with Gasteiger partial charge in [0, 0.05) is 18.8 Å². The Morgan fingerprint density at radius 1 is 1.30 bits per heavy atom. The number of hydrogen-bond acceptors (Lipinski definition) is 3. The second-order valence-corrected chi connectivity index (χ2v) is 5.18. The van der Waals surface area contributed by atoms with Crippen LogP contribution in [0, 0.1) is 0 Å². The Hall–Kier alpha value is -2.30. The van der Waals surface area contributed by atoms with Gasteiger partial charge in [-0.3, -0.25) is 9.48 Å². The van der Waals surface area contributed by atoms with Gasteiger partial charge < -0.3 is 10.6 Å². The molecular weight excluding hydrogens is 252 g/mol. The highest BCUT2D eigenvalue weighted by molar-refractivity contribution is 5.76. The predicted octanol–water partition coefficient (Wildman–Crippen LogP) is 1.66. The smallest absolute Gasteiger partial charge is 0.244 e. The van der Waals surface area contributed by atoms with Gasteiger partial charge >= 0.3 is 0 Å². The molecule has 1 aromatic carbocycles. The molecule has 0 radical (unpaired) electrons. The first-order chi connectivity index (χ1) is 9.72. The molecule has 1 fully saturated rings. The molecular formula is C15H18N4O. The van der Waals surface area contributed by atoms with E-state index in [1.54, 1.807) is 16.9 Å². The number of carbonyl (C=O) groups excluding carboxylic acids is 1. The van der Waals surface area contributed by atoms with E-state index in [1.165, 1.54) is 0 Å². The molecule has 1 saturated carbocycles. The van der Waals surface area contributed by atoms with Gasteiger partial charge in [-0.2, -0.15) is 5.10 Å². The molecule has 0 bridgehead atoms. The van der Waals surface area contributed by atoms with Gasteiger partial charge in [0.25, 0.3) is 0 Å². The van der Waals surface area contributed by atoms with Crippen LogP contribution in [0.1, 0.15) is 18.4 Å². The molecule has 0 unspecified atom stereocenters. The molecule has 3 rings (SSSR count). The first-order valence-electron chi connectivity index (χ1n) is 6.85. The lowest BCUT2D eigenvalue weighted by molar-refractivity contribution is -0.133. The van der Waals surface area contributed by atoms with Crippen LogP contribution >= 0.6 is 0 Å². The summed E-state index contributed by atoms with van der Waals surface area (Å²) in [4.78, 5) is 14.4. The predicted molar refractivity (Wildman–Crippen MR) is 76.7 cm³/mol. The monoisotopic (exact) mass is 270 g/mol. The summed E-state index contributed by atoms with van der Waals surface area (Å²) in [5.41, 5.74) is 6.73. The highest BCUT2D eigenvalue weighted by Crippen LogP contribution is 2.28. The van der Waals surface area contributed by atoms with Crippen molar-refractivity contribution in [1.29, 1.82) is 0 Å². The van der Waals surface area contributed by atoms with Crippen LogP contribution in [-0.4, -0.2) is 26.6 Å². The Bertz CT molecular complexity index is 589. The molecule has 1 aliphatic rings. The molecule has 1 amide bonds. The SMILES string of the molecule is Nc1ccn(CC(=O)N(Cc2ccccc2)C2CC2)n1. The number of benzene rings is 1. The highest BCUT2D eigenvalue weighted by Gasteiger charge is 2.32. The van der Waals surface area contributed by atoms with E-state index in [9.17, 15) is 4.79 Å². The molecule has 5 heteroatoms. The Balaban J connectivity index is 1.69. The molecule has 5 nitrogen and oxygen atoms in total. The summed E-state index contributed by atoms with van der Waals surface area (Å²) in [5.74, 6) is 0.540. The zero-order valence-corrected chi connectivity index (χ0v) is 11.3. The fourth-order valence-electron chi connectivity index (χ4n) is 2.28. The van der Waals surface area contributed by atoms with Crippen molar-refractivity contribution in [1.82, 2.24) is 14.7 Å². The van der Waals surface area contributed by atoms with Crippen LogP contribution in [0.5, 0.6) is 0 Å². The molecule has 20 heavy (non-hydrogen) atoms.